The van der Waals surface area contributed by atoms with Crippen LogP contribution in [0.15, 0.2) is 53.1 Å². The number of hydrogen-bond donors (Lipinski definition) is 0. The minimum Gasteiger partial charge on any atom is -0.478 e. The Morgan fingerprint density at radius 1 is 1.12 bits per heavy atom. The quantitative estimate of drug-likeness (QED) is 0.488. The third kappa shape index (κ3) is 3.77. The number of non-ortho nitro benzene ring substituents is 1. The first-order valence-electron chi connectivity index (χ1n) is 7.39. The minimum absolute atomic E-state index is 0.00105. The van der Waals surface area contributed by atoms with E-state index in [2.05, 4.69) is 10.1 Å². The van der Waals surface area contributed by atoms with E-state index >= 15 is 0 Å². The highest BCUT2D eigenvalue weighted by molar-refractivity contribution is 6.30. The summed E-state index contributed by atoms with van der Waals surface area (Å²) < 4.78 is 11.2. The fourth-order valence-electron chi connectivity index (χ4n) is 2.16. The zero-order valence-electron chi connectivity index (χ0n) is 13.5. The molecule has 3 rings (SSSR count). The number of benzene rings is 2. The maximum Gasteiger partial charge on any atom is 0.270 e. The molecule has 1 aromatic heterocycles. The van der Waals surface area contributed by atoms with Crippen LogP contribution in [0.5, 0.6) is 5.75 Å². The van der Waals surface area contributed by atoms with Crippen molar-refractivity contribution in [2.24, 2.45) is 0 Å². The van der Waals surface area contributed by atoms with Gasteiger partial charge in [-0.1, -0.05) is 16.8 Å². The van der Waals surface area contributed by atoms with Crippen LogP contribution in [0.4, 0.5) is 5.69 Å². The summed E-state index contributed by atoms with van der Waals surface area (Å²) in [6.45, 7) is 3.60. The van der Waals surface area contributed by atoms with Gasteiger partial charge < -0.3 is 9.26 Å². The zero-order valence-corrected chi connectivity index (χ0v) is 14.2. The fraction of sp³-hybridized carbons (Fsp3) is 0.176. The molecule has 0 fully saturated rings. The van der Waals surface area contributed by atoms with Crippen molar-refractivity contribution in [3.05, 3.63) is 69.6 Å². The van der Waals surface area contributed by atoms with Crippen molar-refractivity contribution in [2.75, 3.05) is 0 Å². The molecule has 0 radical (unpaired) electrons. The molecule has 0 spiro atoms. The maximum absolute atomic E-state index is 10.7. The molecule has 25 heavy (non-hydrogen) atoms. The van der Waals surface area contributed by atoms with Gasteiger partial charge in [0.1, 0.15) is 5.75 Å². The predicted molar refractivity (Wildman–Crippen MR) is 91.5 cm³/mol. The molecule has 0 amide bonds. The first kappa shape index (κ1) is 16.9. The molecule has 0 saturated heterocycles. The van der Waals surface area contributed by atoms with E-state index in [-0.39, 0.29) is 11.6 Å². The van der Waals surface area contributed by atoms with Crippen LogP contribution in [0.1, 0.15) is 19.7 Å². The molecule has 1 heterocycles. The van der Waals surface area contributed by atoms with Crippen LogP contribution in [0.2, 0.25) is 5.02 Å². The number of aromatic nitrogens is 2. The van der Waals surface area contributed by atoms with Crippen molar-refractivity contribution < 1.29 is 14.2 Å². The highest BCUT2D eigenvalue weighted by Gasteiger charge is 2.30. The van der Waals surface area contributed by atoms with Gasteiger partial charge in [-0.3, -0.25) is 10.1 Å². The lowest BCUT2D eigenvalue weighted by atomic mass is 10.1. The van der Waals surface area contributed by atoms with Gasteiger partial charge in [0.15, 0.2) is 5.60 Å². The van der Waals surface area contributed by atoms with Crippen molar-refractivity contribution in [1.82, 2.24) is 10.1 Å². The number of hydrogen-bond acceptors (Lipinski definition) is 6. The molecule has 0 N–H and O–H groups in total. The van der Waals surface area contributed by atoms with Gasteiger partial charge in [0.2, 0.25) is 5.82 Å². The Bertz CT molecular complexity index is 889. The normalized spacial score (nSPS) is 11.3. The lowest BCUT2D eigenvalue weighted by Crippen LogP contribution is -2.25. The molecule has 8 heteroatoms. The van der Waals surface area contributed by atoms with Gasteiger partial charge in [-0.15, -0.1) is 0 Å². The summed E-state index contributed by atoms with van der Waals surface area (Å²) in [5.41, 5.74) is -0.249. The van der Waals surface area contributed by atoms with E-state index in [0.717, 1.165) is 0 Å². The third-order valence-corrected chi connectivity index (χ3v) is 3.72. The molecule has 128 valence electrons. The maximum atomic E-state index is 10.7. The van der Waals surface area contributed by atoms with Crippen LogP contribution < -0.4 is 4.74 Å². The Kier molecular flexibility index (Phi) is 4.41. The van der Waals surface area contributed by atoms with Gasteiger partial charge in [-0.25, -0.2) is 0 Å². The molecule has 0 bridgehead atoms. The van der Waals surface area contributed by atoms with Crippen LogP contribution in [0.3, 0.4) is 0 Å². The minimum atomic E-state index is -0.861. The molecular formula is C17H14ClN3O4. The SMILES string of the molecule is CC(C)(Oc1ccc(Cl)cc1)c1nc(-c2ccc([N+](=O)[O-])cc2)no1. The van der Waals surface area contributed by atoms with E-state index in [1.807, 2.05) is 0 Å². The van der Waals surface area contributed by atoms with Gasteiger partial charge in [0.05, 0.1) is 4.92 Å². The highest BCUT2D eigenvalue weighted by Crippen LogP contribution is 2.29. The summed E-state index contributed by atoms with van der Waals surface area (Å²) in [5, 5.41) is 15.3. The molecule has 7 nitrogen and oxygen atoms in total. The van der Waals surface area contributed by atoms with Gasteiger partial charge in [-0.2, -0.15) is 4.98 Å². The first-order valence-corrected chi connectivity index (χ1v) is 7.76. The number of ether oxygens (including phenoxy) is 1. The average molecular weight is 360 g/mol. The molecule has 0 saturated carbocycles. The predicted octanol–water partition coefficient (Wildman–Crippen LogP) is 4.61. The van der Waals surface area contributed by atoms with E-state index < -0.39 is 10.5 Å². The van der Waals surface area contributed by atoms with Gasteiger partial charge in [0.25, 0.3) is 11.6 Å². The van der Waals surface area contributed by atoms with Gasteiger partial charge >= 0.3 is 0 Å². The second kappa shape index (κ2) is 6.52. The second-order valence-electron chi connectivity index (χ2n) is 5.79. The van der Waals surface area contributed by atoms with E-state index in [4.69, 9.17) is 20.9 Å². The van der Waals surface area contributed by atoms with E-state index in [1.54, 1.807) is 50.2 Å². The summed E-state index contributed by atoms with van der Waals surface area (Å²) in [4.78, 5) is 14.6. The standard InChI is InChI=1S/C17H14ClN3O4/c1-17(2,24-14-9-5-12(18)6-10-14)16-19-15(20-25-16)11-3-7-13(8-4-11)21(22)23/h3-10H,1-2H3. The monoisotopic (exact) mass is 359 g/mol. The first-order chi connectivity index (χ1) is 11.8. The molecule has 0 unspecified atom stereocenters. The summed E-state index contributed by atoms with van der Waals surface area (Å²) in [5.74, 6) is 1.23. The van der Waals surface area contributed by atoms with Gasteiger partial charge in [-0.05, 0) is 50.2 Å². The van der Waals surface area contributed by atoms with Crippen molar-refractivity contribution in [3.8, 4) is 17.1 Å². The Hall–Kier alpha value is -2.93. The lowest BCUT2D eigenvalue weighted by molar-refractivity contribution is -0.384. The zero-order chi connectivity index (χ0) is 18.0. The highest BCUT2D eigenvalue weighted by atomic mass is 35.5. The van der Waals surface area contributed by atoms with Crippen LogP contribution in [0.25, 0.3) is 11.4 Å². The summed E-state index contributed by atoms with van der Waals surface area (Å²) in [6.07, 6.45) is 0. The van der Waals surface area contributed by atoms with Crippen LogP contribution in [0, 0.1) is 10.1 Å². The molecule has 0 aliphatic heterocycles. The Labute approximate surface area is 148 Å². The van der Waals surface area contributed by atoms with E-state index in [0.29, 0.717) is 22.2 Å². The van der Waals surface area contributed by atoms with Crippen molar-refractivity contribution >= 4 is 17.3 Å². The van der Waals surface area contributed by atoms with E-state index in [1.165, 1.54) is 12.1 Å². The smallest absolute Gasteiger partial charge is 0.270 e. The Balaban J connectivity index is 1.81. The van der Waals surface area contributed by atoms with Crippen LogP contribution >= 0.6 is 11.6 Å². The number of nitrogens with zero attached hydrogens (tertiary/aromatic N) is 3. The number of nitro groups is 1. The topological polar surface area (TPSA) is 91.3 Å². The van der Waals surface area contributed by atoms with Crippen molar-refractivity contribution in [3.63, 3.8) is 0 Å². The molecule has 2 aromatic carbocycles. The van der Waals surface area contributed by atoms with Crippen LogP contribution in [-0.2, 0) is 5.60 Å². The Morgan fingerprint density at radius 2 is 1.76 bits per heavy atom. The third-order valence-electron chi connectivity index (χ3n) is 3.46. The molecular weight excluding hydrogens is 346 g/mol. The van der Waals surface area contributed by atoms with Crippen molar-refractivity contribution in [2.45, 2.75) is 19.4 Å². The molecule has 0 atom stereocenters. The summed E-state index contributed by atoms with van der Waals surface area (Å²) in [6, 6.07) is 12.9. The summed E-state index contributed by atoms with van der Waals surface area (Å²) in [7, 11) is 0. The lowest BCUT2D eigenvalue weighted by Gasteiger charge is -2.22. The van der Waals surface area contributed by atoms with Crippen LogP contribution in [-0.4, -0.2) is 15.1 Å². The van der Waals surface area contributed by atoms with E-state index in [9.17, 15) is 10.1 Å². The molecule has 0 aliphatic rings. The number of rotatable bonds is 5. The van der Waals surface area contributed by atoms with Crippen molar-refractivity contribution in [1.29, 1.82) is 0 Å². The number of halogens is 1. The molecule has 3 aromatic rings. The molecule has 0 aliphatic carbocycles. The number of nitro benzene ring substituents is 1. The Morgan fingerprint density at radius 3 is 2.36 bits per heavy atom. The largest absolute Gasteiger partial charge is 0.478 e. The van der Waals surface area contributed by atoms with Gasteiger partial charge in [0, 0.05) is 22.7 Å². The second-order valence-corrected chi connectivity index (χ2v) is 6.23. The average Bonchev–Trinajstić information content (AvgIpc) is 3.08. The fourth-order valence-corrected chi connectivity index (χ4v) is 2.28. The summed E-state index contributed by atoms with van der Waals surface area (Å²) >= 11 is 5.86.